The van der Waals surface area contributed by atoms with Crippen molar-refractivity contribution in [3.8, 4) is 11.8 Å². The van der Waals surface area contributed by atoms with E-state index in [-0.39, 0.29) is 47.6 Å². The molecule has 1 atom stereocenters. The van der Waals surface area contributed by atoms with Crippen LogP contribution in [0.5, 0.6) is 5.75 Å². The Morgan fingerprint density at radius 1 is 0.803 bits per heavy atom. The van der Waals surface area contributed by atoms with Gasteiger partial charge in [0, 0.05) is 78.9 Å². The van der Waals surface area contributed by atoms with E-state index in [0.29, 0.717) is 45.1 Å². The van der Waals surface area contributed by atoms with Gasteiger partial charge in [0.15, 0.2) is 0 Å². The highest BCUT2D eigenvalue weighted by Gasteiger charge is 2.64. The third kappa shape index (κ3) is 7.26. The van der Waals surface area contributed by atoms with Crippen molar-refractivity contribution in [1.29, 1.82) is 5.26 Å². The number of benzene rings is 3. The van der Waals surface area contributed by atoms with Crippen LogP contribution in [-0.2, 0) is 22.7 Å². The fourth-order valence-corrected chi connectivity index (χ4v) is 11.6. The van der Waals surface area contributed by atoms with Crippen molar-refractivity contribution in [2.45, 2.75) is 110 Å². The fourth-order valence-electron chi connectivity index (χ4n) is 11.4. The van der Waals surface area contributed by atoms with Gasteiger partial charge >= 0.3 is 0 Å². The number of nitrogens with zero attached hydrogens (tertiary/aromatic N) is 5. The Morgan fingerprint density at radius 3 is 1.97 bits per heavy atom. The van der Waals surface area contributed by atoms with Crippen molar-refractivity contribution >= 4 is 46.8 Å². The van der Waals surface area contributed by atoms with E-state index in [1.54, 1.807) is 18.2 Å². The standard InChI is InChI=1S/C47H52ClN7O6/c1-46(2)44(47(3,4)45(46)61-34-10-7-28(24-49)37(48)23-34)51-40(57)27-5-8-31(9-6-27)52-17-13-32(14-18-52)53-19-15-33(16-20-53)54-25-29-21-35-36(22-30(29)26-54)43(60)55(42(35)59)38-11-12-39(56)50-41(38)58/h5-10,21-23,32-33,38,44-45H,11-20,25-26H2,1-4H3,(H,51,57)(H,50,56,58)/t38-,44?,45?/m0/s1. The molecule has 0 aromatic heterocycles. The summed E-state index contributed by atoms with van der Waals surface area (Å²) in [7, 11) is 0. The summed E-state index contributed by atoms with van der Waals surface area (Å²) in [5.41, 5.74) is 4.28. The maximum atomic E-state index is 13.5. The van der Waals surface area contributed by atoms with Gasteiger partial charge in [-0.1, -0.05) is 39.3 Å². The molecule has 13 nitrogen and oxygen atoms in total. The highest BCUT2D eigenvalue weighted by atomic mass is 35.5. The SMILES string of the molecule is CC1(C)C(NC(=O)c2ccc(N3CCC(N4CCC(N5Cc6cc7c(cc6C5)C(=O)N([C@H]5CCC(=O)NC5=O)C7=O)CC4)CC3)cc2)C(C)(C)C1Oc1ccc(C#N)c(Cl)c1. The number of hydrogen-bond acceptors (Lipinski definition) is 10. The van der Waals surface area contributed by atoms with Crippen molar-refractivity contribution in [2.75, 3.05) is 31.1 Å². The zero-order valence-corrected chi connectivity index (χ0v) is 35.9. The minimum absolute atomic E-state index is 0.101. The Kier molecular flexibility index (Phi) is 10.5. The molecule has 5 amide bonds. The minimum Gasteiger partial charge on any atom is -0.489 e. The molecule has 9 rings (SSSR count). The van der Waals surface area contributed by atoms with Crippen molar-refractivity contribution in [3.05, 3.63) is 93.0 Å². The Balaban J connectivity index is 0.735. The van der Waals surface area contributed by atoms with Crippen LogP contribution in [0.25, 0.3) is 0 Å². The maximum absolute atomic E-state index is 13.5. The second kappa shape index (κ2) is 15.6. The van der Waals surface area contributed by atoms with Gasteiger partial charge in [-0.25, -0.2) is 0 Å². The molecule has 0 radical (unpaired) electrons. The van der Waals surface area contributed by atoms with Crippen LogP contribution in [-0.4, -0.2) is 101 Å². The van der Waals surface area contributed by atoms with Crippen LogP contribution in [0.2, 0.25) is 5.02 Å². The van der Waals surface area contributed by atoms with E-state index in [4.69, 9.17) is 16.3 Å². The molecule has 3 saturated heterocycles. The lowest BCUT2D eigenvalue weighted by Crippen LogP contribution is -2.74. The van der Waals surface area contributed by atoms with Crippen molar-refractivity contribution < 1.29 is 28.7 Å². The number of hydrogen-bond donors (Lipinski definition) is 2. The molecule has 0 bridgehead atoms. The molecule has 0 spiro atoms. The van der Waals surface area contributed by atoms with Crippen LogP contribution in [0.1, 0.15) is 114 Å². The number of piperidine rings is 3. The molecular weight excluding hydrogens is 794 g/mol. The zero-order chi connectivity index (χ0) is 43.0. The van der Waals surface area contributed by atoms with Gasteiger partial charge in [-0.05, 0) is 105 Å². The summed E-state index contributed by atoms with van der Waals surface area (Å²) < 4.78 is 6.39. The van der Waals surface area contributed by atoms with Crippen LogP contribution in [0.15, 0.2) is 54.6 Å². The summed E-state index contributed by atoms with van der Waals surface area (Å²) in [6.45, 7) is 13.8. The lowest BCUT2D eigenvalue weighted by molar-refractivity contribution is -0.164. The smallest absolute Gasteiger partial charge is 0.262 e. The van der Waals surface area contributed by atoms with Crippen molar-refractivity contribution in [3.63, 3.8) is 0 Å². The molecule has 5 aliphatic heterocycles. The fraction of sp³-hybridized carbons (Fsp3) is 0.489. The van der Waals surface area contributed by atoms with Crippen LogP contribution < -0.4 is 20.3 Å². The second-order valence-electron chi connectivity index (χ2n) is 18.9. The molecule has 1 aliphatic carbocycles. The number of nitrogens with one attached hydrogen (secondary N) is 2. The average Bonchev–Trinajstić information content (AvgIpc) is 3.78. The third-order valence-electron chi connectivity index (χ3n) is 14.4. The Morgan fingerprint density at radius 2 is 1.39 bits per heavy atom. The molecule has 318 valence electrons. The van der Waals surface area contributed by atoms with E-state index in [2.05, 4.69) is 71.2 Å². The van der Waals surface area contributed by atoms with E-state index < -0.39 is 23.8 Å². The quantitative estimate of drug-likeness (QED) is 0.271. The Labute approximate surface area is 361 Å². The van der Waals surface area contributed by atoms with E-state index in [9.17, 15) is 29.2 Å². The molecule has 2 N–H and O–H groups in total. The number of ether oxygens (including phenoxy) is 1. The van der Waals surface area contributed by atoms with Gasteiger partial charge in [0.05, 0.1) is 21.7 Å². The van der Waals surface area contributed by atoms with E-state index in [1.807, 2.05) is 24.3 Å². The first-order valence-corrected chi connectivity index (χ1v) is 21.9. The molecular formula is C47H52ClN7O6. The van der Waals surface area contributed by atoms with Gasteiger partial charge in [0.25, 0.3) is 17.7 Å². The van der Waals surface area contributed by atoms with Crippen LogP contribution in [0.3, 0.4) is 0 Å². The largest absolute Gasteiger partial charge is 0.489 e. The number of fused-ring (bicyclic) bond motifs is 2. The summed E-state index contributed by atoms with van der Waals surface area (Å²) in [5.74, 6) is -1.39. The first kappa shape index (κ1) is 41.1. The number of anilines is 1. The van der Waals surface area contributed by atoms with Gasteiger partial charge < -0.3 is 19.9 Å². The number of carbonyl (C=O) groups is 5. The van der Waals surface area contributed by atoms with Crippen molar-refractivity contribution in [2.24, 2.45) is 10.8 Å². The summed E-state index contributed by atoms with van der Waals surface area (Å²) in [4.78, 5) is 73.0. The number of halogens is 1. The number of carbonyl (C=O) groups excluding carboxylic acids is 5. The number of imide groups is 2. The van der Waals surface area contributed by atoms with Gasteiger partial charge in [-0.2, -0.15) is 5.26 Å². The topological polar surface area (TPSA) is 155 Å². The summed E-state index contributed by atoms with van der Waals surface area (Å²) in [6, 6.07) is 18.7. The molecule has 5 heterocycles. The molecule has 14 heteroatoms. The monoisotopic (exact) mass is 845 g/mol. The van der Waals surface area contributed by atoms with E-state index >= 15 is 0 Å². The first-order chi connectivity index (χ1) is 29.1. The molecule has 1 saturated carbocycles. The van der Waals surface area contributed by atoms with Crippen LogP contribution in [0.4, 0.5) is 5.69 Å². The molecule has 6 aliphatic rings. The average molecular weight is 846 g/mol. The number of likely N-dealkylation sites (tertiary alicyclic amines) is 1. The van der Waals surface area contributed by atoms with Crippen LogP contribution >= 0.6 is 11.6 Å². The zero-order valence-electron chi connectivity index (χ0n) is 35.1. The van der Waals surface area contributed by atoms with Gasteiger partial charge in [-0.15, -0.1) is 0 Å². The highest BCUT2D eigenvalue weighted by molar-refractivity contribution is 6.31. The van der Waals surface area contributed by atoms with Gasteiger partial charge in [0.1, 0.15) is 24.0 Å². The third-order valence-corrected chi connectivity index (χ3v) is 14.7. The second-order valence-corrected chi connectivity index (χ2v) is 19.3. The lowest BCUT2D eigenvalue weighted by atomic mass is 9.49. The number of nitriles is 1. The number of rotatable bonds is 8. The summed E-state index contributed by atoms with van der Waals surface area (Å²) in [5, 5.41) is 15.1. The predicted molar refractivity (Wildman–Crippen MR) is 228 cm³/mol. The predicted octanol–water partition coefficient (Wildman–Crippen LogP) is 5.67. The number of amides is 5. The van der Waals surface area contributed by atoms with E-state index in [0.717, 1.165) is 86.7 Å². The first-order valence-electron chi connectivity index (χ1n) is 21.5. The summed E-state index contributed by atoms with van der Waals surface area (Å²) >= 11 is 6.26. The highest BCUT2D eigenvalue weighted by Crippen LogP contribution is 2.55. The lowest BCUT2D eigenvalue weighted by Gasteiger charge is -2.63. The molecule has 3 aromatic rings. The maximum Gasteiger partial charge on any atom is 0.262 e. The summed E-state index contributed by atoms with van der Waals surface area (Å²) in [6.07, 6.45) is 4.36. The Hall–Kier alpha value is -5.29. The van der Waals surface area contributed by atoms with E-state index in [1.165, 1.54) is 0 Å². The van der Waals surface area contributed by atoms with Crippen LogP contribution in [0, 0.1) is 22.2 Å². The minimum atomic E-state index is -0.958. The van der Waals surface area contributed by atoms with Gasteiger partial charge in [-0.3, -0.25) is 39.1 Å². The molecule has 0 unspecified atom stereocenters. The van der Waals surface area contributed by atoms with Crippen molar-refractivity contribution in [1.82, 2.24) is 25.3 Å². The Bertz CT molecular complexity index is 2300. The van der Waals surface area contributed by atoms with Gasteiger partial charge in [0.2, 0.25) is 11.8 Å². The normalized spacial score (nSPS) is 25.4. The molecule has 61 heavy (non-hydrogen) atoms. The molecule has 4 fully saturated rings. The molecule has 3 aromatic carbocycles.